The molecule has 1 unspecified atom stereocenters. The molecule has 0 bridgehead atoms. The summed E-state index contributed by atoms with van der Waals surface area (Å²) in [7, 11) is 0. The van der Waals surface area contributed by atoms with E-state index in [0.717, 1.165) is 0 Å². The summed E-state index contributed by atoms with van der Waals surface area (Å²) in [4.78, 5) is 10.8. The largest absolute Gasteiger partial charge is 0.481 e. The topological polar surface area (TPSA) is 63.3 Å². The van der Waals surface area contributed by atoms with Gasteiger partial charge < -0.3 is 10.8 Å². The lowest BCUT2D eigenvalue weighted by atomic mass is 9.89. The molecule has 0 aliphatic carbocycles. The van der Waals surface area contributed by atoms with E-state index in [1.54, 1.807) is 32.0 Å². The van der Waals surface area contributed by atoms with Crippen LogP contribution >= 0.6 is 12.4 Å². The quantitative estimate of drug-likeness (QED) is 0.685. The second kappa shape index (κ2) is 8.22. The lowest BCUT2D eigenvalue weighted by molar-refractivity contribution is -0.140. The molecule has 0 fully saturated rings. The molecule has 3 nitrogen and oxygen atoms in total. The van der Waals surface area contributed by atoms with Crippen LogP contribution in [0.15, 0.2) is 24.3 Å². The predicted octanol–water partition coefficient (Wildman–Crippen LogP) is 5.16. The first-order valence-corrected chi connectivity index (χ1v) is 7.58. The van der Waals surface area contributed by atoms with Crippen molar-refractivity contribution in [1.82, 2.24) is 0 Å². The number of aryl methyl sites for hydroxylation is 2. The third kappa shape index (κ3) is 4.56. The highest BCUT2D eigenvalue weighted by Gasteiger charge is 2.38. The highest BCUT2D eigenvalue weighted by atomic mass is 35.5. The van der Waals surface area contributed by atoms with Crippen LogP contribution in [0, 0.1) is 25.5 Å². The van der Waals surface area contributed by atoms with Gasteiger partial charge in [0.2, 0.25) is 0 Å². The molecule has 0 amide bonds. The van der Waals surface area contributed by atoms with Crippen LogP contribution in [0.4, 0.5) is 22.0 Å². The van der Waals surface area contributed by atoms with Gasteiger partial charge in [-0.25, -0.2) is 8.78 Å². The van der Waals surface area contributed by atoms with Gasteiger partial charge in [0.25, 0.3) is 0 Å². The molecule has 0 spiro atoms. The summed E-state index contributed by atoms with van der Waals surface area (Å²) in [6.07, 6.45) is -6.01. The number of carboxylic acids is 1. The van der Waals surface area contributed by atoms with Gasteiger partial charge in [0, 0.05) is 17.2 Å². The molecular weight excluding hydrogens is 393 g/mol. The maximum atomic E-state index is 15.0. The first kappa shape index (κ1) is 22.9. The fourth-order valence-electron chi connectivity index (χ4n) is 2.90. The van der Waals surface area contributed by atoms with Crippen molar-refractivity contribution in [2.45, 2.75) is 32.5 Å². The Balaban J connectivity index is 0.00000364. The summed E-state index contributed by atoms with van der Waals surface area (Å²) < 4.78 is 69.2. The minimum absolute atomic E-state index is 0. The number of aliphatic carboxylic acids is 1. The average Bonchev–Trinajstić information content (AvgIpc) is 2.47. The van der Waals surface area contributed by atoms with Crippen LogP contribution in [0.25, 0.3) is 11.1 Å². The molecule has 2 aromatic rings. The highest BCUT2D eigenvalue weighted by Crippen LogP contribution is 2.41. The average molecular weight is 410 g/mol. The molecule has 0 heterocycles. The Morgan fingerprint density at radius 3 is 2.11 bits per heavy atom. The third-order valence-electron chi connectivity index (χ3n) is 4.06. The van der Waals surface area contributed by atoms with Crippen molar-refractivity contribution >= 4 is 18.4 Å². The van der Waals surface area contributed by atoms with E-state index in [4.69, 9.17) is 10.8 Å². The smallest absolute Gasteiger partial charge is 0.419 e. The molecular formula is C18H17ClF5NO2. The van der Waals surface area contributed by atoms with Gasteiger partial charge in [-0.2, -0.15) is 13.2 Å². The van der Waals surface area contributed by atoms with Gasteiger partial charge in [0.1, 0.15) is 11.6 Å². The van der Waals surface area contributed by atoms with Gasteiger partial charge in [-0.15, -0.1) is 12.4 Å². The zero-order valence-electron chi connectivity index (χ0n) is 14.3. The molecule has 27 heavy (non-hydrogen) atoms. The number of benzene rings is 2. The molecule has 9 heteroatoms. The van der Waals surface area contributed by atoms with Crippen LogP contribution in [0.2, 0.25) is 0 Å². The molecule has 0 aromatic heterocycles. The Labute approximate surface area is 158 Å². The van der Waals surface area contributed by atoms with Gasteiger partial charge in [0.05, 0.1) is 12.0 Å². The first-order chi connectivity index (χ1) is 11.9. The standard InChI is InChI=1S/C18H16F5NO2.ClH/c1-8-4-3-5-9(2)14(8)10-6-11(18(21,22)23)17(20)15(16(10)19)12(24)7-13(25)26;/h3-6,12H,7,24H2,1-2H3,(H,25,26);1H. The molecule has 3 N–H and O–H groups in total. The molecule has 2 aromatic carbocycles. The van der Waals surface area contributed by atoms with Crippen LogP contribution in [0.3, 0.4) is 0 Å². The Morgan fingerprint density at radius 2 is 1.67 bits per heavy atom. The number of alkyl halides is 3. The maximum absolute atomic E-state index is 15.0. The van der Waals surface area contributed by atoms with E-state index in [0.29, 0.717) is 17.2 Å². The SMILES string of the molecule is Cc1cccc(C)c1-c1cc(C(F)(F)F)c(F)c(C(N)CC(=O)O)c1F.Cl. The third-order valence-corrected chi connectivity index (χ3v) is 4.06. The van der Waals surface area contributed by atoms with E-state index >= 15 is 0 Å². The highest BCUT2D eigenvalue weighted by molar-refractivity contribution is 5.85. The Hall–Kier alpha value is -2.19. The zero-order valence-corrected chi connectivity index (χ0v) is 15.1. The van der Waals surface area contributed by atoms with Gasteiger partial charge in [-0.05, 0) is 36.6 Å². The van der Waals surface area contributed by atoms with E-state index in [-0.39, 0.29) is 18.0 Å². The summed E-state index contributed by atoms with van der Waals surface area (Å²) in [5.41, 5.74) is 3.42. The van der Waals surface area contributed by atoms with Crippen molar-refractivity contribution in [3.63, 3.8) is 0 Å². The van der Waals surface area contributed by atoms with Crippen LogP contribution in [0.1, 0.15) is 34.7 Å². The summed E-state index contributed by atoms with van der Waals surface area (Å²) in [6, 6.07) is 3.44. The molecule has 1 atom stereocenters. The maximum Gasteiger partial charge on any atom is 0.419 e. The minimum Gasteiger partial charge on any atom is -0.481 e. The molecule has 0 aliphatic heterocycles. The first-order valence-electron chi connectivity index (χ1n) is 7.58. The van der Waals surface area contributed by atoms with Crippen molar-refractivity contribution in [3.05, 3.63) is 58.2 Å². The number of nitrogens with two attached hydrogens (primary N) is 1. The molecule has 148 valence electrons. The van der Waals surface area contributed by atoms with Crippen molar-refractivity contribution in [3.8, 4) is 11.1 Å². The lowest BCUT2D eigenvalue weighted by Gasteiger charge is -2.20. The number of hydrogen-bond acceptors (Lipinski definition) is 2. The zero-order chi connectivity index (χ0) is 19.8. The van der Waals surface area contributed by atoms with Gasteiger partial charge in [-0.3, -0.25) is 4.79 Å². The molecule has 0 saturated carbocycles. The van der Waals surface area contributed by atoms with E-state index < -0.39 is 52.9 Å². The molecule has 0 saturated heterocycles. The second-order valence-electron chi connectivity index (χ2n) is 5.98. The van der Waals surface area contributed by atoms with Crippen LogP contribution in [0.5, 0.6) is 0 Å². The second-order valence-corrected chi connectivity index (χ2v) is 5.98. The number of hydrogen-bond donors (Lipinski definition) is 2. The number of halogens is 6. The Kier molecular flexibility index (Phi) is 6.96. The fraction of sp³-hybridized carbons (Fsp3) is 0.278. The lowest BCUT2D eigenvalue weighted by Crippen LogP contribution is -2.21. The minimum atomic E-state index is -5.10. The summed E-state index contributed by atoms with van der Waals surface area (Å²) in [5, 5.41) is 8.78. The number of carbonyl (C=O) groups is 1. The summed E-state index contributed by atoms with van der Waals surface area (Å²) >= 11 is 0. The van der Waals surface area contributed by atoms with Crippen molar-refractivity contribution in [2.24, 2.45) is 5.73 Å². The van der Waals surface area contributed by atoms with Crippen molar-refractivity contribution in [1.29, 1.82) is 0 Å². The monoisotopic (exact) mass is 409 g/mol. The Morgan fingerprint density at radius 1 is 1.15 bits per heavy atom. The fourth-order valence-corrected chi connectivity index (χ4v) is 2.90. The van der Waals surface area contributed by atoms with Gasteiger partial charge in [-0.1, -0.05) is 18.2 Å². The van der Waals surface area contributed by atoms with E-state index in [1.165, 1.54) is 0 Å². The summed E-state index contributed by atoms with van der Waals surface area (Å²) in [5.74, 6) is -4.66. The number of carboxylic acid groups (broad SMARTS) is 1. The van der Waals surface area contributed by atoms with E-state index in [1.807, 2.05) is 0 Å². The predicted molar refractivity (Wildman–Crippen MR) is 92.7 cm³/mol. The molecule has 2 rings (SSSR count). The normalized spacial score (nSPS) is 12.4. The molecule has 0 radical (unpaired) electrons. The molecule has 0 aliphatic rings. The van der Waals surface area contributed by atoms with E-state index in [9.17, 15) is 26.7 Å². The van der Waals surface area contributed by atoms with Gasteiger partial charge in [0.15, 0.2) is 0 Å². The van der Waals surface area contributed by atoms with E-state index in [2.05, 4.69) is 0 Å². The van der Waals surface area contributed by atoms with Crippen molar-refractivity contribution in [2.75, 3.05) is 0 Å². The number of rotatable bonds is 4. The summed E-state index contributed by atoms with van der Waals surface area (Å²) in [6.45, 7) is 3.16. The Bertz CT molecular complexity index is 848. The van der Waals surface area contributed by atoms with Crippen molar-refractivity contribution < 1.29 is 31.9 Å². The van der Waals surface area contributed by atoms with Crippen LogP contribution < -0.4 is 5.73 Å². The van der Waals surface area contributed by atoms with Crippen LogP contribution in [-0.4, -0.2) is 11.1 Å². The van der Waals surface area contributed by atoms with Gasteiger partial charge >= 0.3 is 12.1 Å². The van der Waals surface area contributed by atoms with Crippen LogP contribution in [-0.2, 0) is 11.0 Å².